The van der Waals surface area contributed by atoms with Gasteiger partial charge in [-0.25, -0.2) is 5.32 Å². The third-order valence-corrected chi connectivity index (χ3v) is 2.80. The van der Waals surface area contributed by atoms with Gasteiger partial charge in [-0.3, -0.25) is 0 Å². The molecule has 0 aromatic heterocycles. The molecule has 2 nitrogen and oxygen atoms in total. The van der Waals surface area contributed by atoms with Gasteiger partial charge in [-0.2, -0.15) is 0 Å². The van der Waals surface area contributed by atoms with Crippen LogP contribution in [0.2, 0.25) is 0 Å². The van der Waals surface area contributed by atoms with Gasteiger partial charge in [-0.05, 0) is 42.2 Å². The molecule has 79 valence electrons. The smallest absolute Gasteiger partial charge is 0.119 e. The van der Waals surface area contributed by atoms with E-state index in [4.69, 9.17) is 4.74 Å². The van der Waals surface area contributed by atoms with Crippen LogP contribution < -0.4 is 10.1 Å². The summed E-state index contributed by atoms with van der Waals surface area (Å²) in [4.78, 5) is 0. The lowest BCUT2D eigenvalue weighted by molar-refractivity contribution is 0.414. The Labute approximate surface area is 91.0 Å². The highest BCUT2D eigenvalue weighted by atomic mass is 16.5. The Balaban J connectivity index is 2.37. The summed E-state index contributed by atoms with van der Waals surface area (Å²) in [5.74, 6) is 0.930. The van der Waals surface area contributed by atoms with E-state index in [1.807, 2.05) is 6.07 Å². The summed E-state index contributed by atoms with van der Waals surface area (Å²) in [7, 11) is 1.71. The number of hydrogen-bond acceptors (Lipinski definition) is 1. The van der Waals surface area contributed by atoms with Gasteiger partial charge in [-0.15, -0.1) is 0 Å². The number of hydrogen-bond donors (Lipinski definition) is 0. The molecule has 0 spiro atoms. The SMILES string of the molecule is COc1ccc(C)c(C2=CC[N]CC2)c1. The van der Waals surface area contributed by atoms with Crippen molar-refractivity contribution in [2.75, 3.05) is 20.2 Å². The van der Waals surface area contributed by atoms with Gasteiger partial charge in [0.25, 0.3) is 0 Å². The lowest BCUT2D eigenvalue weighted by Crippen LogP contribution is -2.13. The quantitative estimate of drug-likeness (QED) is 0.722. The molecule has 1 radical (unpaired) electrons. The van der Waals surface area contributed by atoms with Crippen LogP contribution in [0.15, 0.2) is 24.3 Å². The minimum Gasteiger partial charge on any atom is -0.497 e. The third kappa shape index (κ3) is 2.21. The fraction of sp³-hybridized carbons (Fsp3) is 0.385. The molecular formula is C13H16NO. The van der Waals surface area contributed by atoms with Crippen molar-refractivity contribution in [2.24, 2.45) is 0 Å². The molecule has 0 amide bonds. The van der Waals surface area contributed by atoms with Crippen molar-refractivity contribution in [3.63, 3.8) is 0 Å². The number of rotatable bonds is 2. The second-order valence-corrected chi connectivity index (χ2v) is 3.79. The molecule has 1 aromatic carbocycles. The Bertz CT molecular complexity index is 382. The highest BCUT2D eigenvalue weighted by Gasteiger charge is 2.09. The van der Waals surface area contributed by atoms with E-state index in [0.717, 1.165) is 25.3 Å². The normalized spacial score (nSPS) is 16.0. The van der Waals surface area contributed by atoms with Crippen LogP contribution in [0.3, 0.4) is 0 Å². The van der Waals surface area contributed by atoms with Gasteiger partial charge in [0.05, 0.1) is 7.11 Å². The van der Waals surface area contributed by atoms with Gasteiger partial charge in [0, 0.05) is 13.1 Å². The van der Waals surface area contributed by atoms with Gasteiger partial charge in [0.15, 0.2) is 0 Å². The zero-order chi connectivity index (χ0) is 10.7. The van der Waals surface area contributed by atoms with Crippen molar-refractivity contribution in [2.45, 2.75) is 13.3 Å². The molecular weight excluding hydrogens is 186 g/mol. The molecule has 0 saturated heterocycles. The predicted molar refractivity (Wildman–Crippen MR) is 62.2 cm³/mol. The Morgan fingerprint density at radius 1 is 1.33 bits per heavy atom. The van der Waals surface area contributed by atoms with Gasteiger partial charge >= 0.3 is 0 Å². The highest BCUT2D eigenvalue weighted by molar-refractivity contribution is 5.70. The summed E-state index contributed by atoms with van der Waals surface area (Å²) in [5, 5.41) is 4.32. The summed E-state index contributed by atoms with van der Waals surface area (Å²) < 4.78 is 5.25. The van der Waals surface area contributed by atoms with Crippen molar-refractivity contribution in [3.8, 4) is 5.75 Å². The van der Waals surface area contributed by atoms with E-state index in [1.54, 1.807) is 7.11 Å². The van der Waals surface area contributed by atoms with E-state index in [0.29, 0.717) is 0 Å². The third-order valence-electron chi connectivity index (χ3n) is 2.80. The molecule has 0 saturated carbocycles. The summed E-state index contributed by atoms with van der Waals surface area (Å²) in [6, 6.07) is 6.24. The van der Waals surface area contributed by atoms with E-state index in [2.05, 4.69) is 30.4 Å². The minimum atomic E-state index is 0.853. The second-order valence-electron chi connectivity index (χ2n) is 3.79. The standard InChI is InChI=1S/C13H16NO/c1-10-3-4-12(15-2)9-13(10)11-5-7-14-8-6-11/h3-5,9H,6-8H2,1-2H3. The van der Waals surface area contributed by atoms with E-state index in [9.17, 15) is 0 Å². The number of aryl methyl sites for hydroxylation is 1. The molecule has 1 aliphatic heterocycles. The minimum absolute atomic E-state index is 0.853. The van der Waals surface area contributed by atoms with Crippen LogP contribution in [-0.2, 0) is 0 Å². The largest absolute Gasteiger partial charge is 0.497 e. The monoisotopic (exact) mass is 202 g/mol. The number of benzene rings is 1. The average molecular weight is 202 g/mol. The molecule has 0 atom stereocenters. The van der Waals surface area contributed by atoms with E-state index >= 15 is 0 Å². The van der Waals surface area contributed by atoms with Gasteiger partial charge in [-0.1, -0.05) is 12.1 Å². The van der Waals surface area contributed by atoms with Crippen LogP contribution in [0.4, 0.5) is 0 Å². The lowest BCUT2D eigenvalue weighted by Gasteiger charge is -2.15. The topological polar surface area (TPSA) is 23.3 Å². The maximum Gasteiger partial charge on any atom is 0.119 e. The van der Waals surface area contributed by atoms with Crippen molar-refractivity contribution in [3.05, 3.63) is 35.4 Å². The second kappa shape index (κ2) is 4.49. The molecule has 15 heavy (non-hydrogen) atoms. The Hall–Kier alpha value is -1.28. The lowest BCUT2D eigenvalue weighted by atomic mass is 9.96. The maximum absolute atomic E-state index is 5.25. The maximum atomic E-state index is 5.25. The molecule has 0 bridgehead atoms. The highest BCUT2D eigenvalue weighted by Crippen LogP contribution is 2.27. The van der Waals surface area contributed by atoms with Crippen LogP contribution in [0.5, 0.6) is 5.75 Å². The Morgan fingerprint density at radius 2 is 2.20 bits per heavy atom. The summed E-state index contributed by atoms with van der Waals surface area (Å²) >= 11 is 0. The van der Waals surface area contributed by atoms with Gasteiger partial charge < -0.3 is 4.74 Å². The Morgan fingerprint density at radius 3 is 2.87 bits per heavy atom. The average Bonchev–Trinajstić information content (AvgIpc) is 2.31. The van der Waals surface area contributed by atoms with Crippen molar-refractivity contribution < 1.29 is 4.74 Å². The fourth-order valence-corrected chi connectivity index (χ4v) is 1.89. The molecule has 0 N–H and O–H groups in total. The molecule has 2 rings (SSSR count). The molecule has 1 aliphatic rings. The molecule has 2 heteroatoms. The van der Waals surface area contributed by atoms with Gasteiger partial charge in [0.1, 0.15) is 5.75 Å². The number of nitrogens with zero attached hydrogens (tertiary/aromatic N) is 1. The number of ether oxygens (including phenoxy) is 1. The zero-order valence-corrected chi connectivity index (χ0v) is 9.29. The van der Waals surface area contributed by atoms with Crippen molar-refractivity contribution in [1.82, 2.24) is 5.32 Å². The van der Waals surface area contributed by atoms with E-state index in [1.165, 1.54) is 16.7 Å². The van der Waals surface area contributed by atoms with Crippen LogP contribution in [0.25, 0.3) is 5.57 Å². The molecule has 0 unspecified atom stereocenters. The van der Waals surface area contributed by atoms with Gasteiger partial charge in [0.2, 0.25) is 0 Å². The first-order valence-electron chi connectivity index (χ1n) is 5.28. The van der Waals surface area contributed by atoms with E-state index < -0.39 is 0 Å². The predicted octanol–water partition coefficient (Wildman–Crippen LogP) is 2.40. The van der Waals surface area contributed by atoms with Crippen LogP contribution in [0, 0.1) is 6.92 Å². The van der Waals surface area contributed by atoms with E-state index in [-0.39, 0.29) is 0 Å². The molecule has 1 heterocycles. The first-order valence-corrected chi connectivity index (χ1v) is 5.28. The zero-order valence-electron chi connectivity index (χ0n) is 9.29. The molecule has 1 aromatic rings. The van der Waals surface area contributed by atoms with Crippen LogP contribution in [0.1, 0.15) is 17.5 Å². The van der Waals surface area contributed by atoms with Crippen LogP contribution >= 0.6 is 0 Å². The Kier molecular flexibility index (Phi) is 3.07. The van der Waals surface area contributed by atoms with Crippen molar-refractivity contribution in [1.29, 1.82) is 0 Å². The summed E-state index contributed by atoms with van der Waals surface area (Å²) in [5.41, 5.74) is 4.02. The molecule has 0 fully saturated rings. The first kappa shape index (κ1) is 10.2. The van der Waals surface area contributed by atoms with Crippen LogP contribution in [-0.4, -0.2) is 20.2 Å². The molecule has 0 aliphatic carbocycles. The summed E-state index contributed by atoms with van der Waals surface area (Å²) in [6.07, 6.45) is 3.26. The first-order chi connectivity index (χ1) is 7.31. The summed E-state index contributed by atoms with van der Waals surface area (Å²) in [6.45, 7) is 3.94. The fourth-order valence-electron chi connectivity index (χ4n) is 1.89. The number of methoxy groups -OCH3 is 1. The van der Waals surface area contributed by atoms with Crippen molar-refractivity contribution >= 4 is 5.57 Å².